The van der Waals surface area contributed by atoms with E-state index in [1.807, 2.05) is 0 Å². The van der Waals surface area contributed by atoms with Gasteiger partial charge < -0.3 is 15.5 Å². The third-order valence-corrected chi connectivity index (χ3v) is 2.83. The van der Waals surface area contributed by atoms with Gasteiger partial charge in [-0.3, -0.25) is 9.20 Å². The molecular weight excluding hydrogens is 280 g/mol. The van der Waals surface area contributed by atoms with Gasteiger partial charge in [0.25, 0.3) is 0 Å². The monoisotopic (exact) mass is 294 g/mol. The molecule has 3 N–H and O–H groups in total. The average molecular weight is 294 g/mol. The molecule has 21 heavy (non-hydrogen) atoms. The molecule has 1 amide bonds. The van der Waals surface area contributed by atoms with Gasteiger partial charge in [0.1, 0.15) is 12.6 Å². The Morgan fingerprint density at radius 2 is 2.14 bits per heavy atom. The van der Waals surface area contributed by atoms with Crippen molar-refractivity contribution in [3.8, 4) is 0 Å². The fourth-order valence-electron chi connectivity index (χ4n) is 1.83. The molecule has 0 saturated carbocycles. The molecular formula is C12H14N4O5. The maximum absolute atomic E-state index is 11.9. The molecule has 0 spiro atoms. The SMILES string of the molecule is O=C(Cn1nc2ccccn2c1=O)N[C@H](CCO)C(=O)O. The van der Waals surface area contributed by atoms with E-state index in [0.29, 0.717) is 5.65 Å². The second kappa shape index (κ2) is 6.18. The zero-order valence-corrected chi connectivity index (χ0v) is 11.0. The second-order valence-corrected chi connectivity index (χ2v) is 4.34. The summed E-state index contributed by atoms with van der Waals surface area (Å²) in [6, 6.07) is 3.77. The Morgan fingerprint density at radius 3 is 2.76 bits per heavy atom. The number of amides is 1. The van der Waals surface area contributed by atoms with Gasteiger partial charge >= 0.3 is 11.7 Å². The maximum atomic E-state index is 11.9. The Labute approximate surface area is 118 Å². The van der Waals surface area contributed by atoms with Crippen LogP contribution >= 0.6 is 0 Å². The Balaban J connectivity index is 2.12. The van der Waals surface area contributed by atoms with Crippen LogP contribution in [0.25, 0.3) is 5.65 Å². The molecule has 9 nitrogen and oxygen atoms in total. The molecule has 0 aliphatic carbocycles. The molecule has 0 aliphatic rings. The number of carbonyl (C=O) groups excluding carboxylic acids is 1. The summed E-state index contributed by atoms with van der Waals surface area (Å²) in [5.74, 6) is -1.92. The number of hydrogen-bond acceptors (Lipinski definition) is 5. The number of aliphatic hydroxyl groups excluding tert-OH is 1. The highest BCUT2D eigenvalue weighted by atomic mass is 16.4. The molecule has 0 unspecified atom stereocenters. The summed E-state index contributed by atoms with van der Waals surface area (Å²) in [6.07, 6.45) is 1.41. The normalized spacial score (nSPS) is 12.2. The van der Waals surface area contributed by atoms with E-state index in [2.05, 4.69) is 10.4 Å². The standard InChI is InChI=1S/C12H14N4O5/c17-6-4-8(11(19)20)13-10(18)7-16-12(21)15-5-2-1-3-9(15)14-16/h1-3,5,8,17H,4,6-7H2,(H,13,18)(H,19,20)/t8-/m1/s1. The van der Waals surface area contributed by atoms with Gasteiger partial charge in [0, 0.05) is 19.2 Å². The van der Waals surface area contributed by atoms with Crippen LogP contribution in [-0.4, -0.2) is 48.9 Å². The van der Waals surface area contributed by atoms with E-state index >= 15 is 0 Å². The highest BCUT2D eigenvalue weighted by Gasteiger charge is 2.20. The molecule has 0 saturated heterocycles. The van der Waals surface area contributed by atoms with Gasteiger partial charge in [-0.25, -0.2) is 14.3 Å². The van der Waals surface area contributed by atoms with Gasteiger partial charge in [-0.05, 0) is 12.1 Å². The lowest BCUT2D eigenvalue weighted by Crippen LogP contribution is -2.43. The predicted molar refractivity (Wildman–Crippen MR) is 70.7 cm³/mol. The van der Waals surface area contributed by atoms with Crippen molar-refractivity contribution < 1.29 is 19.8 Å². The number of fused-ring (bicyclic) bond motifs is 1. The quantitative estimate of drug-likeness (QED) is 0.592. The third kappa shape index (κ3) is 3.26. The number of rotatable bonds is 6. The summed E-state index contributed by atoms with van der Waals surface area (Å²) in [5, 5.41) is 23.8. The van der Waals surface area contributed by atoms with E-state index in [9.17, 15) is 14.4 Å². The Morgan fingerprint density at radius 1 is 1.38 bits per heavy atom. The van der Waals surface area contributed by atoms with Gasteiger partial charge in [-0.1, -0.05) is 6.07 Å². The lowest BCUT2D eigenvalue weighted by atomic mass is 10.2. The van der Waals surface area contributed by atoms with E-state index in [-0.39, 0.29) is 13.0 Å². The number of aliphatic hydroxyl groups is 1. The number of nitrogens with zero attached hydrogens (tertiary/aromatic N) is 3. The number of nitrogens with one attached hydrogen (secondary N) is 1. The molecule has 0 fully saturated rings. The van der Waals surface area contributed by atoms with Crippen LogP contribution in [-0.2, 0) is 16.1 Å². The molecule has 2 aromatic heterocycles. The Kier molecular flexibility index (Phi) is 4.33. The first-order chi connectivity index (χ1) is 10.0. The van der Waals surface area contributed by atoms with Crippen molar-refractivity contribution in [2.75, 3.05) is 6.61 Å². The summed E-state index contributed by atoms with van der Waals surface area (Å²) >= 11 is 0. The van der Waals surface area contributed by atoms with E-state index in [1.54, 1.807) is 18.2 Å². The van der Waals surface area contributed by atoms with Crippen LogP contribution in [0.1, 0.15) is 6.42 Å². The summed E-state index contributed by atoms with van der Waals surface area (Å²) < 4.78 is 2.22. The van der Waals surface area contributed by atoms with Crippen molar-refractivity contribution >= 4 is 17.5 Å². The van der Waals surface area contributed by atoms with Crippen molar-refractivity contribution in [2.45, 2.75) is 19.0 Å². The third-order valence-electron chi connectivity index (χ3n) is 2.83. The molecule has 0 radical (unpaired) electrons. The first-order valence-corrected chi connectivity index (χ1v) is 6.20. The minimum atomic E-state index is -1.25. The van der Waals surface area contributed by atoms with Crippen LogP contribution in [0.3, 0.4) is 0 Å². The van der Waals surface area contributed by atoms with Gasteiger partial charge in [-0.15, -0.1) is 5.10 Å². The van der Waals surface area contributed by atoms with Crippen molar-refractivity contribution in [1.29, 1.82) is 0 Å². The molecule has 1 atom stereocenters. The second-order valence-electron chi connectivity index (χ2n) is 4.34. The molecule has 112 valence electrons. The van der Waals surface area contributed by atoms with Crippen LogP contribution < -0.4 is 11.0 Å². The lowest BCUT2D eigenvalue weighted by Gasteiger charge is -2.12. The molecule has 2 heterocycles. The highest BCUT2D eigenvalue weighted by molar-refractivity contribution is 5.83. The first kappa shape index (κ1) is 14.7. The minimum Gasteiger partial charge on any atom is -0.480 e. The smallest absolute Gasteiger partial charge is 0.350 e. The maximum Gasteiger partial charge on any atom is 0.350 e. The van der Waals surface area contributed by atoms with Gasteiger partial charge in [0.05, 0.1) is 0 Å². The number of aliphatic carboxylic acids is 1. The molecule has 0 aromatic carbocycles. The summed E-state index contributed by atoms with van der Waals surface area (Å²) in [5.41, 5.74) is -0.102. The van der Waals surface area contributed by atoms with Crippen LogP contribution in [0, 0.1) is 0 Å². The van der Waals surface area contributed by atoms with E-state index < -0.39 is 30.2 Å². The molecule has 0 bridgehead atoms. The zero-order valence-electron chi connectivity index (χ0n) is 11.0. The van der Waals surface area contributed by atoms with Gasteiger partial charge in [-0.2, -0.15) is 0 Å². The number of carbonyl (C=O) groups is 2. The number of aromatic nitrogens is 3. The summed E-state index contributed by atoms with van der Waals surface area (Å²) in [6.45, 7) is -0.763. The fraction of sp³-hybridized carbons (Fsp3) is 0.333. The number of hydrogen-bond donors (Lipinski definition) is 3. The topological polar surface area (TPSA) is 126 Å². The van der Waals surface area contributed by atoms with Crippen molar-refractivity contribution in [3.63, 3.8) is 0 Å². The Hall–Kier alpha value is -2.68. The van der Waals surface area contributed by atoms with Crippen LogP contribution in [0.5, 0.6) is 0 Å². The van der Waals surface area contributed by atoms with Crippen LogP contribution in [0.2, 0.25) is 0 Å². The van der Waals surface area contributed by atoms with Crippen LogP contribution in [0.4, 0.5) is 0 Å². The molecule has 2 aromatic rings. The highest BCUT2D eigenvalue weighted by Crippen LogP contribution is 1.96. The van der Waals surface area contributed by atoms with E-state index in [1.165, 1.54) is 10.6 Å². The fourth-order valence-corrected chi connectivity index (χ4v) is 1.83. The van der Waals surface area contributed by atoms with Crippen molar-refractivity contribution in [3.05, 3.63) is 34.9 Å². The zero-order chi connectivity index (χ0) is 15.4. The van der Waals surface area contributed by atoms with E-state index in [0.717, 1.165) is 4.68 Å². The Bertz CT molecular complexity index is 720. The van der Waals surface area contributed by atoms with Crippen molar-refractivity contribution in [1.82, 2.24) is 19.5 Å². The number of pyridine rings is 1. The van der Waals surface area contributed by atoms with Crippen LogP contribution in [0.15, 0.2) is 29.2 Å². The summed E-state index contributed by atoms with van der Waals surface area (Å²) in [4.78, 5) is 34.6. The molecule has 9 heteroatoms. The largest absolute Gasteiger partial charge is 0.480 e. The summed E-state index contributed by atoms with van der Waals surface area (Å²) in [7, 11) is 0. The first-order valence-electron chi connectivity index (χ1n) is 6.20. The number of carboxylic acid groups (broad SMARTS) is 1. The average Bonchev–Trinajstić information content (AvgIpc) is 2.75. The van der Waals surface area contributed by atoms with Crippen molar-refractivity contribution in [2.24, 2.45) is 0 Å². The van der Waals surface area contributed by atoms with Gasteiger partial charge in [0.2, 0.25) is 5.91 Å². The minimum absolute atomic E-state index is 0.110. The molecule has 0 aliphatic heterocycles. The molecule has 2 rings (SSSR count). The predicted octanol–water partition coefficient (Wildman–Crippen LogP) is -1.55. The van der Waals surface area contributed by atoms with E-state index in [4.69, 9.17) is 10.2 Å². The van der Waals surface area contributed by atoms with Gasteiger partial charge in [0.15, 0.2) is 5.65 Å². The lowest BCUT2D eigenvalue weighted by molar-refractivity contribution is -0.142. The number of carboxylic acids is 1.